The standard InChI is InChI=1S/C30H37BrN7OPS/c1-37-14-11-21(12-15-37)38-13-7-8-20(18-32)22-16-25(27(39-2)17-26(22)38)35-30-33-19-23(31)29(36-30)34-24-9-5-6-10-28(24)40(3,4)41/h5-6,8-10,16-19,21,32H,7,11-15H2,1-4H3,(H2,33,34,35,36). The number of methoxy groups -OCH3 is 1. The molecule has 0 saturated carbocycles. The molecule has 1 aromatic heterocycles. The predicted octanol–water partition coefficient (Wildman–Crippen LogP) is 6.44. The topological polar surface area (TPSA) is 89.4 Å². The average molecular weight is 655 g/mol. The molecule has 41 heavy (non-hydrogen) atoms. The maximum atomic E-state index is 8.16. The third kappa shape index (κ3) is 6.67. The lowest BCUT2D eigenvalue weighted by atomic mass is 9.99. The molecule has 0 unspecified atom stereocenters. The van der Waals surface area contributed by atoms with Crippen LogP contribution in [0.1, 0.15) is 24.8 Å². The number of anilines is 5. The summed E-state index contributed by atoms with van der Waals surface area (Å²) in [5, 5.41) is 16.1. The van der Waals surface area contributed by atoms with Gasteiger partial charge in [0.2, 0.25) is 5.95 Å². The number of allylic oxidation sites excluding steroid dienone is 1. The van der Waals surface area contributed by atoms with E-state index in [2.05, 4.69) is 86.0 Å². The molecular formula is C30H37BrN7OPS. The van der Waals surface area contributed by atoms with Crippen molar-refractivity contribution in [1.82, 2.24) is 14.9 Å². The summed E-state index contributed by atoms with van der Waals surface area (Å²) in [6.07, 6.45) is 8.48. The SMILES string of the molecule is COc1cc2c(cc1Nc1ncc(Br)c(Nc3ccccc3P(C)(C)=S)n1)C(C=N)=CCCN2C1CCN(C)CC1. The van der Waals surface area contributed by atoms with E-state index in [0.717, 1.165) is 76.9 Å². The van der Waals surface area contributed by atoms with Crippen LogP contribution in [-0.4, -0.2) is 74.2 Å². The molecule has 3 aromatic rings. The first-order valence-corrected chi connectivity index (χ1v) is 18.3. The maximum absolute atomic E-state index is 8.16. The van der Waals surface area contributed by atoms with E-state index < -0.39 is 6.04 Å². The molecule has 2 aliphatic heterocycles. The highest BCUT2D eigenvalue weighted by atomic mass is 79.9. The minimum Gasteiger partial charge on any atom is -0.494 e. The zero-order chi connectivity index (χ0) is 29.1. The number of nitrogens with zero attached hydrogens (tertiary/aromatic N) is 4. The summed E-state index contributed by atoms with van der Waals surface area (Å²) < 4.78 is 6.63. The van der Waals surface area contributed by atoms with E-state index in [9.17, 15) is 0 Å². The van der Waals surface area contributed by atoms with Gasteiger partial charge in [-0.3, -0.25) is 0 Å². The Labute approximate surface area is 256 Å². The Morgan fingerprint density at radius 2 is 1.88 bits per heavy atom. The molecule has 0 atom stereocenters. The van der Waals surface area contributed by atoms with Gasteiger partial charge < -0.3 is 30.6 Å². The third-order valence-electron chi connectivity index (χ3n) is 7.68. The number of hydrogen-bond donors (Lipinski definition) is 3. The summed E-state index contributed by atoms with van der Waals surface area (Å²) in [5.74, 6) is 1.78. The Bertz CT molecular complexity index is 1520. The Kier molecular flexibility index (Phi) is 9.14. The molecule has 0 radical (unpaired) electrons. The molecule has 216 valence electrons. The van der Waals surface area contributed by atoms with Crippen molar-refractivity contribution in [2.75, 3.05) is 62.7 Å². The van der Waals surface area contributed by atoms with Gasteiger partial charge in [0.15, 0.2) is 0 Å². The Morgan fingerprint density at radius 1 is 1.12 bits per heavy atom. The minimum absolute atomic E-state index is 0.431. The molecule has 0 aliphatic carbocycles. The molecule has 8 nitrogen and oxygen atoms in total. The number of piperidine rings is 1. The van der Waals surface area contributed by atoms with Crippen molar-refractivity contribution in [1.29, 1.82) is 5.41 Å². The first-order chi connectivity index (χ1) is 19.7. The van der Waals surface area contributed by atoms with Gasteiger partial charge in [0.25, 0.3) is 0 Å². The van der Waals surface area contributed by atoms with Crippen LogP contribution in [0.2, 0.25) is 0 Å². The predicted molar refractivity (Wildman–Crippen MR) is 181 cm³/mol. The van der Waals surface area contributed by atoms with Crippen molar-refractivity contribution in [2.24, 2.45) is 0 Å². The molecule has 0 spiro atoms. The van der Waals surface area contributed by atoms with Crippen LogP contribution in [0.3, 0.4) is 0 Å². The van der Waals surface area contributed by atoms with E-state index in [-0.39, 0.29) is 0 Å². The fourth-order valence-electron chi connectivity index (χ4n) is 5.53. The van der Waals surface area contributed by atoms with Crippen molar-refractivity contribution < 1.29 is 4.74 Å². The number of benzene rings is 2. The number of hydrogen-bond acceptors (Lipinski definition) is 9. The molecule has 2 aromatic carbocycles. The van der Waals surface area contributed by atoms with Crippen LogP contribution in [0.15, 0.2) is 53.1 Å². The highest BCUT2D eigenvalue weighted by molar-refractivity contribution is 9.10. The Balaban J connectivity index is 1.49. The Hall–Kier alpha value is -2.78. The normalized spacial score (nSPS) is 16.4. The van der Waals surface area contributed by atoms with Crippen LogP contribution in [0.4, 0.5) is 28.8 Å². The summed E-state index contributed by atoms with van der Waals surface area (Å²) in [4.78, 5) is 14.2. The van der Waals surface area contributed by atoms with Crippen molar-refractivity contribution in [3.8, 4) is 5.75 Å². The number of ether oxygens (including phenoxy) is 1. The molecular weight excluding hydrogens is 617 g/mol. The number of rotatable bonds is 8. The average Bonchev–Trinajstić information content (AvgIpc) is 3.13. The van der Waals surface area contributed by atoms with Gasteiger partial charge >= 0.3 is 0 Å². The van der Waals surface area contributed by atoms with Crippen LogP contribution in [0.5, 0.6) is 5.75 Å². The van der Waals surface area contributed by atoms with Crippen LogP contribution in [-0.2, 0) is 11.8 Å². The highest BCUT2D eigenvalue weighted by Crippen LogP contribution is 2.42. The quantitative estimate of drug-likeness (QED) is 0.189. The first-order valence-electron chi connectivity index (χ1n) is 13.8. The maximum Gasteiger partial charge on any atom is 0.229 e. The molecule has 1 saturated heterocycles. The van der Waals surface area contributed by atoms with Crippen LogP contribution in [0.25, 0.3) is 5.57 Å². The molecule has 3 N–H and O–H groups in total. The van der Waals surface area contributed by atoms with E-state index in [1.807, 2.05) is 18.2 Å². The second kappa shape index (κ2) is 12.6. The monoisotopic (exact) mass is 653 g/mol. The van der Waals surface area contributed by atoms with Gasteiger partial charge in [-0.2, -0.15) is 4.98 Å². The molecule has 0 bridgehead atoms. The lowest BCUT2D eigenvalue weighted by Gasteiger charge is -2.39. The summed E-state index contributed by atoms with van der Waals surface area (Å²) >= 11 is 9.44. The number of likely N-dealkylation sites (tertiary alicyclic amines) is 1. The van der Waals surface area contributed by atoms with Crippen molar-refractivity contribution >= 4 is 79.7 Å². The first kappa shape index (κ1) is 29.7. The second-order valence-electron chi connectivity index (χ2n) is 10.9. The highest BCUT2D eigenvalue weighted by Gasteiger charge is 2.28. The van der Waals surface area contributed by atoms with E-state index in [1.165, 1.54) is 6.21 Å². The van der Waals surface area contributed by atoms with E-state index in [1.54, 1.807) is 13.3 Å². The summed E-state index contributed by atoms with van der Waals surface area (Å²) in [5.41, 5.74) is 4.73. The smallest absolute Gasteiger partial charge is 0.229 e. The van der Waals surface area contributed by atoms with E-state index >= 15 is 0 Å². The van der Waals surface area contributed by atoms with Gasteiger partial charge in [-0.05, 0) is 92.4 Å². The van der Waals surface area contributed by atoms with Crippen LogP contribution < -0.4 is 25.6 Å². The Morgan fingerprint density at radius 3 is 2.59 bits per heavy atom. The number of para-hydroxylation sites is 1. The van der Waals surface area contributed by atoms with Crippen molar-refractivity contribution in [2.45, 2.75) is 25.3 Å². The molecule has 2 aliphatic rings. The summed E-state index contributed by atoms with van der Waals surface area (Å²) in [6, 6.07) is 11.1. The molecule has 0 amide bonds. The van der Waals surface area contributed by atoms with Crippen LogP contribution in [0, 0.1) is 5.41 Å². The van der Waals surface area contributed by atoms with Gasteiger partial charge in [-0.25, -0.2) is 4.98 Å². The van der Waals surface area contributed by atoms with Gasteiger partial charge in [-0.1, -0.05) is 36.1 Å². The van der Waals surface area contributed by atoms with Gasteiger partial charge in [-0.15, -0.1) is 0 Å². The minimum atomic E-state index is -1.68. The second-order valence-corrected chi connectivity index (χ2v) is 17.7. The number of nitrogens with one attached hydrogen (secondary N) is 3. The lowest BCUT2D eigenvalue weighted by Crippen LogP contribution is -2.44. The zero-order valence-electron chi connectivity index (χ0n) is 23.9. The van der Waals surface area contributed by atoms with Gasteiger partial charge in [0, 0.05) is 53.3 Å². The van der Waals surface area contributed by atoms with Crippen molar-refractivity contribution in [3.05, 3.63) is 58.7 Å². The van der Waals surface area contributed by atoms with Gasteiger partial charge in [0.05, 0.1) is 17.3 Å². The number of aromatic nitrogens is 2. The zero-order valence-corrected chi connectivity index (χ0v) is 27.2. The number of halogens is 1. The third-order valence-corrected chi connectivity index (χ3v) is 10.4. The van der Waals surface area contributed by atoms with Gasteiger partial charge in [0.1, 0.15) is 11.6 Å². The van der Waals surface area contributed by atoms with E-state index in [0.29, 0.717) is 23.6 Å². The molecule has 1 fully saturated rings. The van der Waals surface area contributed by atoms with Crippen molar-refractivity contribution in [3.63, 3.8) is 0 Å². The molecule has 11 heteroatoms. The summed E-state index contributed by atoms with van der Waals surface area (Å²) in [7, 11) is 3.87. The number of fused-ring (bicyclic) bond motifs is 1. The molecule has 3 heterocycles. The van der Waals surface area contributed by atoms with Crippen LogP contribution >= 0.6 is 22.0 Å². The fraction of sp³-hybridized carbons (Fsp3) is 0.367. The largest absolute Gasteiger partial charge is 0.494 e. The van der Waals surface area contributed by atoms with E-state index in [4.69, 9.17) is 26.9 Å². The fourth-order valence-corrected chi connectivity index (χ4v) is 7.45. The molecule has 5 rings (SSSR count). The summed E-state index contributed by atoms with van der Waals surface area (Å²) in [6.45, 7) is 7.35. The lowest BCUT2D eigenvalue weighted by molar-refractivity contribution is 0.250.